The number of furan rings is 2. The molecule has 6 aromatic heterocycles. The lowest BCUT2D eigenvalue weighted by molar-refractivity contribution is 0.668. The second kappa shape index (κ2) is 16.5. The number of fused-ring (bicyclic) bond motifs is 13. The maximum Gasteiger partial charge on any atom is 0.164 e. The number of benzene rings is 10. The number of nitrogens with zero attached hydrogens (tertiary/aromatic N) is 6. The van der Waals surface area contributed by atoms with Gasteiger partial charge in [0.15, 0.2) is 17.5 Å². The topological polar surface area (TPSA) is 87.7 Å². The van der Waals surface area contributed by atoms with Crippen molar-refractivity contribution >= 4 is 87.5 Å². The van der Waals surface area contributed by atoms with Gasteiger partial charge in [-0.05, 0) is 97.1 Å². The standard InChI is InChI=1S/C68H40N6O2/c1-3-16-41(17-4-1)66-70-67(42-18-5-2-6-19-42)72-68(71-66)45-20-15-21-46(36-45)73-56-26-11-7-24-50(56)64-58(73)32-33-59-65(64)51-25-8-12-27-57(51)74(59)47-39-54(43-30-34-62-52(37-43)48-22-9-13-28-60(48)75-62)69-55(40-47)44-31-35-63-53(38-44)49-23-10-14-29-61(49)76-63/h1-40H. The molecule has 16 aromatic rings. The minimum absolute atomic E-state index is 0.605. The first-order valence-corrected chi connectivity index (χ1v) is 25.4. The summed E-state index contributed by atoms with van der Waals surface area (Å²) < 4.78 is 17.4. The van der Waals surface area contributed by atoms with Crippen LogP contribution < -0.4 is 0 Å². The zero-order chi connectivity index (χ0) is 49.8. The van der Waals surface area contributed by atoms with Crippen LogP contribution in [0.2, 0.25) is 0 Å². The van der Waals surface area contributed by atoms with Gasteiger partial charge < -0.3 is 18.0 Å². The van der Waals surface area contributed by atoms with Gasteiger partial charge in [-0.3, -0.25) is 0 Å². The van der Waals surface area contributed by atoms with Crippen LogP contribution >= 0.6 is 0 Å². The number of para-hydroxylation sites is 4. The molecule has 16 rings (SSSR count). The number of hydrogen-bond donors (Lipinski definition) is 0. The van der Waals surface area contributed by atoms with E-state index in [4.69, 9.17) is 28.8 Å². The minimum atomic E-state index is 0.605. The molecule has 0 saturated carbocycles. The molecule has 8 heteroatoms. The van der Waals surface area contributed by atoms with E-state index < -0.39 is 0 Å². The van der Waals surface area contributed by atoms with Gasteiger partial charge in [0, 0.05) is 76.6 Å². The van der Waals surface area contributed by atoms with E-state index in [0.29, 0.717) is 17.5 Å². The fourth-order valence-corrected chi connectivity index (χ4v) is 11.5. The molecule has 6 heterocycles. The van der Waals surface area contributed by atoms with Crippen LogP contribution in [0, 0.1) is 0 Å². The third-order valence-electron chi connectivity index (χ3n) is 14.9. The highest BCUT2D eigenvalue weighted by Gasteiger charge is 2.23. The first kappa shape index (κ1) is 42.1. The van der Waals surface area contributed by atoms with E-state index in [1.807, 2.05) is 84.9 Å². The average Bonchev–Trinajstić information content (AvgIpc) is 4.25. The van der Waals surface area contributed by atoms with E-state index in [9.17, 15) is 0 Å². The van der Waals surface area contributed by atoms with Gasteiger partial charge in [-0.25, -0.2) is 19.9 Å². The monoisotopic (exact) mass is 972 g/mol. The molecule has 0 radical (unpaired) electrons. The lowest BCUT2D eigenvalue weighted by Gasteiger charge is -2.14. The largest absolute Gasteiger partial charge is 0.456 e. The first-order chi connectivity index (χ1) is 37.6. The summed E-state index contributed by atoms with van der Waals surface area (Å²) in [5, 5.41) is 8.92. The molecule has 0 N–H and O–H groups in total. The second-order valence-corrected chi connectivity index (χ2v) is 19.4. The van der Waals surface area contributed by atoms with Crippen molar-refractivity contribution in [1.82, 2.24) is 29.1 Å². The smallest absolute Gasteiger partial charge is 0.164 e. The molecule has 0 amide bonds. The van der Waals surface area contributed by atoms with E-state index in [2.05, 4.69) is 167 Å². The summed E-state index contributed by atoms with van der Waals surface area (Å²) in [6.45, 7) is 0. The van der Waals surface area contributed by atoms with E-state index in [0.717, 1.165) is 127 Å². The fourth-order valence-electron chi connectivity index (χ4n) is 11.5. The van der Waals surface area contributed by atoms with Crippen molar-refractivity contribution in [2.24, 2.45) is 0 Å². The number of pyridine rings is 1. The maximum absolute atomic E-state index is 6.30. The van der Waals surface area contributed by atoms with Gasteiger partial charge in [0.05, 0.1) is 39.1 Å². The fraction of sp³-hybridized carbons (Fsp3) is 0. The van der Waals surface area contributed by atoms with Gasteiger partial charge in [0.25, 0.3) is 0 Å². The predicted molar refractivity (Wildman–Crippen MR) is 308 cm³/mol. The maximum atomic E-state index is 6.30. The Morgan fingerprint density at radius 1 is 0.250 bits per heavy atom. The van der Waals surface area contributed by atoms with Gasteiger partial charge in [0.2, 0.25) is 0 Å². The van der Waals surface area contributed by atoms with Crippen molar-refractivity contribution in [1.29, 1.82) is 0 Å². The van der Waals surface area contributed by atoms with E-state index >= 15 is 0 Å². The van der Waals surface area contributed by atoms with Crippen LogP contribution in [0.3, 0.4) is 0 Å². The zero-order valence-corrected chi connectivity index (χ0v) is 40.6. The van der Waals surface area contributed by atoms with Crippen molar-refractivity contribution in [2.45, 2.75) is 0 Å². The van der Waals surface area contributed by atoms with Crippen LogP contribution in [0.15, 0.2) is 251 Å². The molecular weight excluding hydrogens is 933 g/mol. The molecule has 0 spiro atoms. The van der Waals surface area contributed by atoms with Gasteiger partial charge in [-0.15, -0.1) is 0 Å². The highest BCUT2D eigenvalue weighted by atomic mass is 16.3. The van der Waals surface area contributed by atoms with Crippen molar-refractivity contribution in [3.63, 3.8) is 0 Å². The van der Waals surface area contributed by atoms with Crippen molar-refractivity contribution in [3.8, 4) is 68.1 Å². The van der Waals surface area contributed by atoms with Crippen LogP contribution in [0.5, 0.6) is 0 Å². The molecule has 8 nitrogen and oxygen atoms in total. The molecule has 10 aromatic carbocycles. The molecule has 0 saturated heterocycles. The SMILES string of the molecule is c1ccc(-c2nc(-c3ccccc3)nc(-c3cccc(-n4c5ccccc5c5c6c7ccccc7n(-c7cc(-c8ccc9oc%10ccccc%10c9c8)nc(-c8ccc9oc%10ccccc%10c9c8)c7)c6ccc54)c3)n2)cc1. The van der Waals surface area contributed by atoms with Gasteiger partial charge >= 0.3 is 0 Å². The van der Waals surface area contributed by atoms with Crippen molar-refractivity contribution in [2.75, 3.05) is 0 Å². The molecule has 0 aliphatic rings. The van der Waals surface area contributed by atoms with E-state index in [1.54, 1.807) is 0 Å². The highest BCUT2D eigenvalue weighted by Crippen LogP contribution is 2.44. The van der Waals surface area contributed by atoms with Crippen molar-refractivity contribution in [3.05, 3.63) is 243 Å². The Kier molecular flexibility index (Phi) is 9.17. The minimum Gasteiger partial charge on any atom is -0.456 e. The van der Waals surface area contributed by atoms with Crippen LogP contribution in [0.25, 0.3) is 156 Å². The van der Waals surface area contributed by atoms with Crippen LogP contribution in [0.1, 0.15) is 0 Å². The lowest BCUT2D eigenvalue weighted by Crippen LogP contribution is -2.01. The number of aromatic nitrogens is 6. The Morgan fingerprint density at radius 3 is 1.20 bits per heavy atom. The first-order valence-electron chi connectivity index (χ1n) is 25.4. The molecule has 0 unspecified atom stereocenters. The Morgan fingerprint density at radius 2 is 0.671 bits per heavy atom. The summed E-state index contributed by atoms with van der Waals surface area (Å²) in [6, 6.07) is 84.6. The molecule has 0 aliphatic heterocycles. The predicted octanol–water partition coefficient (Wildman–Crippen LogP) is 17.6. The summed E-state index contributed by atoms with van der Waals surface area (Å²) >= 11 is 0. The Balaban J connectivity index is 0.912. The molecular formula is C68H40N6O2. The second-order valence-electron chi connectivity index (χ2n) is 19.4. The Bertz CT molecular complexity index is 4820. The van der Waals surface area contributed by atoms with Gasteiger partial charge in [0.1, 0.15) is 22.3 Å². The summed E-state index contributed by atoms with van der Waals surface area (Å²) in [5.41, 5.74) is 16.2. The number of rotatable bonds is 7. The normalized spacial score (nSPS) is 11.9. The van der Waals surface area contributed by atoms with Gasteiger partial charge in [-0.1, -0.05) is 146 Å². The van der Waals surface area contributed by atoms with E-state index in [-0.39, 0.29) is 0 Å². The number of hydrogen-bond acceptors (Lipinski definition) is 6. The summed E-state index contributed by atoms with van der Waals surface area (Å²) in [5.74, 6) is 1.85. The summed E-state index contributed by atoms with van der Waals surface area (Å²) in [4.78, 5) is 20.7. The highest BCUT2D eigenvalue weighted by molar-refractivity contribution is 6.29. The average molecular weight is 973 g/mol. The molecule has 0 atom stereocenters. The third-order valence-corrected chi connectivity index (χ3v) is 14.9. The van der Waals surface area contributed by atoms with Crippen LogP contribution in [-0.4, -0.2) is 29.1 Å². The van der Waals surface area contributed by atoms with Crippen molar-refractivity contribution < 1.29 is 8.83 Å². The van der Waals surface area contributed by atoms with Crippen LogP contribution in [-0.2, 0) is 0 Å². The molecule has 0 bridgehead atoms. The zero-order valence-electron chi connectivity index (χ0n) is 40.6. The Hall–Kier alpha value is -10.4. The molecule has 0 fully saturated rings. The molecule has 0 aliphatic carbocycles. The van der Waals surface area contributed by atoms with E-state index in [1.165, 1.54) is 10.8 Å². The third kappa shape index (κ3) is 6.57. The molecule has 354 valence electrons. The molecule has 76 heavy (non-hydrogen) atoms. The Labute approximate surface area is 434 Å². The lowest BCUT2D eigenvalue weighted by atomic mass is 10.0. The van der Waals surface area contributed by atoms with Gasteiger partial charge in [-0.2, -0.15) is 0 Å². The quantitative estimate of drug-likeness (QED) is 0.158. The summed E-state index contributed by atoms with van der Waals surface area (Å²) in [6.07, 6.45) is 0. The summed E-state index contributed by atoms with van der Waals surface area (Å²) in [7, 11) is 0. The van der Waals surface area contributed by atoms with Crippen LogP contribution in [0.4, 0.5) is 0 Å².